The van der Waals surface area contributed by atoms with E-state index in [0.29, 0.717) is 42.4 Å². The average molecular weight is 455 g/mol. The highest BCUT2D eigenvalue weighted by Gasteiger charge is 2.43. The molecule has 4 atom stereocenters. The lowest BCUT2D eigenvalue weighted by molar-refractivity contribution is -0.209. The zero-order valence-corrected chi connectivity index (χ0v) is 17.8. The number of rotatable bonds is 6. The first-order valence-corrected chi connectivity index (χ1v) is 10.7. The van der Waals surface area contributed by atoms with Gasteiger partial charge in [-0.2, -0.15) is 0 Å². The Kier molecular flexibility index (Phi) is 6.67. The number of hydrogen-bond donors (Lipinski definition) is 2. The van der Waals surface area contributed by atoms with Crippen LogP contribution in [0.15, 0.2) is 30.3 Å². The lowest BCUT2D eigenvalue weighted by atomic mass is 9.88. The van der Waals surface area contributed by atoms with Gasteiger partial charge in [0.15, 0.2) is 0 Å². The Morgan fingerprint density at radius 3 is 2.65 bits per heavy atom. The first-order chi connectivity index (χ1) is 14.9. The van der Waals surface area contributed by atoms with Crippen LogP contribution in [0.5, 0.6) is 11.5 Å². The van der Waals surface area contributed by atoms with E-state index < -0.39 is 30.8 Å². The molecule has 1 saturated heterocycles. The molecule has 1 fully saturated rings. The summed E-state index contributed by atoms with van der Waals surface area (Å²) in [7, 11) is 0. The van der Waals surface area contributed by atoms with Gasteiger partial charge in [-0.3, -0.25) is 0 Å². The lowest BCUT2D eigenvalue weighted by Gasteiger charge is -2.37. The van der Waals surface area contributed by atoms with E-state index in [-0.39, 0.29) is 6.42 Å². The smallest absolute Gasteiger partial charge is 0.267 e. The number of halogens is 3. The maximum atomic E-state index is 13.4. The predicted molar refractivity (Wildman–Crippen MR) is 111 cm³/mol. The van der Waals surface area contributed by atoms with Crippen molar-refractivity contribution >= 4 is 11.6 Å². The molecule has 2 N–H and O–H groups in total. The van der Waals surface area contributed by atoms with Crippen LogP contribution in [-0.4, -0.2) is 48.2 Å². The number of alkyl halides is 2. The summed E-state index contributed by atoms with van der Waals surface area (Å²) in [6, 6.07) is 9.50. The van der Waals surface area contributed by atoms with Crippen LogP contribution in [0.1, 0.15) is 41.7 Å². The molecule has 2 heterocycles. The van der Waals surface area contributed by atoms with Crippen molar-refractivity contribution in [1.82, 2.24) is 0 Å². The van der Waals surface area contributed by atoms with Crippen molar-refractivity contribution in [1.29, 1.82) is 0 Å². The molecule has 168 valence electrons. The number of fused-ring (bicyclic) bond motifs is 1. The molecule has 0 spiro atoms. The molecule has 0 bridgehead atoms. The second kappa shape index (κ2) is 9.28. The fourth-order valence-electron chi connectivity index (χ4n) is 4.23. The number of aliphatic hydroxyl groups is 2. The van der Waals surface area contributed by atoms with Gasteiger partial charge in [0.25, 0.3) is 6.43 Å². The van der Waals surface area contributed by atoms with Crippen molar-refractivity contribution < 1.29 is 33.2 Å². The van der Waals surface area contributed by atoms with Crippen LogP contribution < -0.4 is 9.47 Å². The summed E-state index contributed by atoms with van der Waals surface area (Å²) in [5.41, 5.74) is 3.26. The van der Waals surface area contributed by atoms with Crippen LogP contribution in [0.25, 0.3) is 0 Å². The van der Waals surface area contributed by atoms with E-state index in [1.807, 2.05) is 37.3 Å². The van der Waals surface area contributed by atoms with Crippen LogP contribution in [0.4, 0.5) is 8.78 Å². The summed E-state index contributed by atoms with van der Waals surface area (Å²) >= 11 is 6.63. The van der Waals surface area contributed by atoms with Crippen molar-refractivity contribution in [3.05, 3.63) is 57.6 Å². The fraction of sp³-hybridized carbons (Fsp3) is 0.478. The Morgan fingerprint density at radius 2 is 1.97 bits per heavy atom. The maximum absolute atomic E-state index is 13.4. The van der Waals surface area contributed by atoms with E-state index in [4.69, 9.17) is 25.8 Å². The maximum Gasteiger partial charge on any atom is 0.267 e. The molecular formula is C23H25ClF2O5. The van der Waals surface area contributed by atoms with Crippen LogP contribution in [0.2, 0.25) is 5.02 Å². The molecule has 0 saturated carbocycles. The van der Waals surface area contributed by atoms with Gasteiger partial charge < -0.3 is 24.4 Å². The van der Waals surface area contributed by atoms with Crippen molar-refractivity contribution in [3.63, 3.8) is 0 Å². The van der Waals surface area contributed by atoms with E-state index in [2.05, 4.69) is 0 Å². The highest BCUT2D eigenvalue weighted by molar-refractivity contribution is 6.33. The average Bonchev–Trinajstić information content (AvgIpc) is 3.24. The van der Waals surface area contributed by atoms with E-state index in [0.717, 1.165) is 22.4 Å². The first-order valence-electron chi connectivity index (χ1n) is 10.4. The third-order valence-corrected chi connectivity index (χ3v) is 6.18. The molecule has 0 aromatic heterocycles. The monoisotopic (exact) mass is 454 g/mol. The second-order valence-corrected chi connectivity index (χ2v) is 8.19. The largest absolute Gasteiger partial charge is 0.494 e. The zero-order valence-electron chi connectivity index (χ0n) is 17.1. The van der Waals surface area contributed by atoms with E-state index in [1.165, 1.54) is 0 Å². The Balaban J connectivity index is 1.67. The van der Waals surface area contributed by atoms with Crippen LogP contribution in [0, 0.1) is 0 Å². The summed E-state index contributed by atoms with van der Waals surface area (Å²) in [6.45, 7) is 2.94. The second-order valence-electron chi connectivity index (χ2n) is 7.82. The van der Waals surface area contributed by atoms with Gasteiger partial charge in [0.05, 0.1) is 30.4 Å². The molecule has 0 radical (unpaired) electrons. The highest BCUT2D eigenvalue weighted by Crippen LogP contribution is 2.45. The Morgan fingerprint density at radius 1 is 1.23 bits per heavy atom. The van der Waals surface area contributed by atoms with Gasteiger partial charge in [-0.25, -0.2) is 8.78 Å². The summed E-state index contributed by atoms with van der Waals surface area (Å²) in [5.74, 6) is 1.31. The minimum Gasteiger partial charge on any atom is -0.494 e. The number of ether oxygens (including phenoxy) is 3. The number of benzene rings is 2. The molecule has 2 aromatic rings. The third kappa shape index (κ3) is 4.51. The summed E-state index contributed by atoms with van der Waals surface area (Å²) in [5, 5.41) is 20.6. The molecule has 5 nitrogen and oxygen atoms in total. The van der Waals surface area contributed by atoms with Crippen molar-refractivity contribution in [2.75, 3.05) is 13.2 Å². The molecule has 2 aliphatic heterocycles. The third-order valence-electron chi connectivity index (χ3n) is 5.76. The van der Waals surface area contributed by atoms with Gasteiger partial charge in [0.2, 0.25) is 0 Å². The summed E-state index contributed by atoms with van der Waals surface area (Å²) < 4.78 is 43.5. The van der Waals surface area contributed by atoms with Gasteiger partial charge in [0, 0.05) is 18.4 Å². The standard InChI is InChI=1S/C23H25ClF2O5/c1-2-29-14-5-3-12(4-6-14)9-13-10-16(15-7-8-30-21(15)19(13)24)18-11-17(27)20(28)22(31-18)23(25)26/h3-6,10,17-18,20,22-23,27-28H,2,7-9,11H2,1H3/t17?,18?,20-,22?/m0/s1. The molecule has 0 aliphatic carbocycles. The quantitative estimate of drug-likeness (QED) is 0.688. The Bertz CT molecular complexity index is 921. The van der Waals surface area contributed by atoms with Crippen LogP contribution in [-0.2, 0) is 17.6 Å². The van der Waals surface area contributed by atoms with Crippen molar-refractivity contribution in [2.24, 2.45) is 0 Å². The molecule has 3 unspecified atom stereocenters. The number of hydrogen-bond acceptors (Lipinski definition) is 5. The normalized spacial score (nSPS) is 25.4. The van der Waals surface area contributed by atoms with Gasteiger partial charge in [-0.1, -0.05) is 29.8 Å². The molecule has 4 rings (SSSR count). The van der Waals surface area contributed by atoms with Gasteiger partial charge in [-0.15, -0.1) is 0 Å². The molecule has 2 aromatic carbocycles. The molecule has 31 heavy (non-hydrogen) atoms. The van der Waals surface area contributed by atoms with E-state index in [1.54, 1.807) is 0 Å². The molecular weight excluding hydrogens is 430 g/mol. The van der Waals surface area contributed by atoms with Gasteiger partial charge >= 0.3 is 0 Å². The topological polar surface area (TPSA) is 68.2 Å². The van der Waals surface area contributed by atoms with Crippen LogP contribution >= 0.6 is 11.6 Å². The van der Waals surface area contributed by atoms with Crippen molar-refractivity contribution in [3.8, 4) is 11.5 Å². The predicted octanol–water partition coefficient (Wildman–Crippen LogP) is 4.08. The zero-order chi connectivity index (χ0) is 22.1. The van der Waals surface area contributed by atoms with E-state index in [9.17, 15) is 19.0 Å². The Hall–Kier alpha value is -1.93. The highest BCUT2D eigenvalue weighted by atomic mass is 35.5. The first kappa shape index (κ1) is 22.3. The molecule has 8 heteroatoms. The van der Waals surface area contributed by atoms with Crippen LogP contribution in [0.3, 0.4) is 0 Å². The number of aliphatic hydroxyl groups excluding tert-OH is 2. The Labute approximate surface area is 184 Å². The molecule has 0 amide bonds. The summed E-state index contributed by atoms with van der Waals surface area (Å²) in [4.78, 5) is 0. The SMILES string of the molecule is CCOc1ccc(Cc2cc(C3CC(O)[C@H](O)C(C(F)F)O3)c3c(c2Cl)OCC3)cc1. The van der Waals surface area contributed by atoms with Crippen molar-refractivity contribution in [2.45, 2.75) is 57.0 Å². The van der Waals surface area contributed by atoms with Gasteiger partial charge in [-0.05, 0) is 42.2 Å². The van der Waals surface area contributed by atoms with Gasteiger partial charge in [0.1, 0.15) is 23.7 Å². The molecule has 2 aliphatic rings. The summed E-state index contributed by atoms with van der Waals surface area (Å²) in [6.07, 6.45) is -7.29. The lowest BCUT2D eigenvalue weighted by Crippen LogP contribution is -2.49. The van der Waals surface area contributed by atoms with E-state index >= 15 is 0 Å². The minimum absolute atomic E-state index is 0.0148. The fourth-order valence-corrected chi connectivity index (χ4v) is 4.52. The minimum atomic E-state index is -2.91.